The molecule has 3 rings (SSSR count). The molecule has 54 heavy (non-hydrogen) atoms. The van der Waals surface area contributed by atoms with Crippen molar-refractivity contribution in [3.05, 3.63) is 110 Å². The number of non-ortho nitro benzene ring substituents is 3. The van der Waals surface area contributed by atoms with Crippen molar-refractivity contribution in [3.8, 4) is 17.2 Å². The maximum atomic E-state index is 11.4. The van der Waals surface area contributed by atoms with Crippen molar-refractivity contribution in [3.63, 3.8) is 0 Å². The Balaban J connectivity index is -0.0000000811. The van der Waals surface area contributed by atoms with Crippen LogP contribution < -0.4 is 150 Å². The van der Waals surface area contributed by atoms with Gasteiger partial charge in [-0.15, -0.1) is 12.4 Å². The van der Waals surface area contributed by atoms with Gasteiger partial charge >= 0.3 is 136 Å². The molecule has 0 saturated heterocycles. The summed E-state index contributed by atoms with van der Waals surface area (Å²) in [6.45, 7) is 2.59. The smallest absolute Gasteiger partial charge is 1.00 e. The molecule has 25 heteroatoms. The first-order valence-electron chi connectivity index (χ1n) is 12.0. The van der Waals surface area contributed by atoms with E-state index in [2.05, 4.69) is 21.1 Å². The Morgan fingerprint density at radius 3 is 1.00 bits per heavy atom. The van der Waals surface area contributed by atoms with E-state index in [9.17, 15) is 49.8 Å². The topological polar surface area (TPSA) is 250 Å². The number of nitro groups is 3. The van der Waals surface area contributed by atoms with Crippen molar-refractivity contribution in [2.24, 2.45) is 0 Å². The quantitative estimate of drug-likeness (QED) is 0.0269. The second kappa shape index (κ2) is 42.8. The van der Waals surface area contributed by atoms with Crippen LogP contribution in [0.1, 0.15) is 30.1 Å². The predicted molar refractivity (Wildman–Crippen MR) is 179 cm³/mol. The SMILES string of the molecule is C.C.C.Cl.O=C(Cl)Oc1ccc([N+](=O)[O-])cc1.O=C(OCCOC(=O)Oc1ccc([N+](=O)[O-])cc1)Oc1ccc([N+](=O)[O-])cc1.[CH2-]CC[O-].[Cl-].[H-].[Na+].[Na+].[Na+].[Na+]. The molecule has 0 atom stereocenters. The number of carbonyl (C=O) groups excluding carboxylic acids is 3. The minimum Gasteiger partial charge on any atom is -1.00 e. The molecule has 0 saturated carbocycles. The Bertz CT molecular complexity index is 1400. The molecule has 3 aromatic rings. The zero-order valence-electron chi connectivity index (χ0n) is 28.6. The number of ether oxygens (including phenoxy) is 5. The van der Waals surface area contributed by atoms with Crippen LogP contribution in [-0.2, 0) is 9.47 Å². The molecule has 282 valence electrons. The van der Waals surface area contributed by atoms with Gasteiger partial charge in [-0.25, -0.2) is 14.4 Å². The number of rotatable bonds is 10. The summed E-state index contributed by atoms with van der Waals surface area (Å²) in [5.74, 6) is 0.244. The van der Waals surface area contributed by atoms with Gasteiger partial charge in [0.2, 0.25) is 0 Å². The summed E-state index contributed by atoms with van der Waals surface area (Å²) in [4.78, 5) is 62.6. The maximum absolute atomic E-state index is 11.4. The number of benzene rings is 3. The minimum atomic E-state index is -1.10. The first kappa shape index (κ1) is 73.8. The van der Waals surface area contributed by atoms with Gasteiger partial charge in [-0.05, 0) is 36.4 Å². The van der Waals surface area contributed by atoms with E-state index in [0.29, 0.717) is 6.42 Å². The molecule has 0 heterocycles. The summed E-state index contributed by atoms with van der Waals surface area (Å²) in [5, 5.41) is 40.5. The first-order chi connectivity index (χ1) is 21.4. The minimum absolute atomic E-state index is 0. The van der Waals surface area contributed by atoms with Gasteiger partial charge in [0.15, 0.2) is 0 Å². The Morgan fingerprint density at radius 2 is 0.815 bits per heavy atom. The zero-order valence-corrected chi connectivity index (χ0v) is 37.9. The van der Waals surface area contributed by atoms with Crippen molar-refractivity contribution in [1.82, 2.24) is 0 Å². The van der Waals surface area contributed by atoms with Crippen molar-refractivity contribution in [2.75, 3.05) is 19.8 Å². The average molecular weight is 865 g/mol. The maximum Gasteiger partial charge on any atom is 1.00 e. The van der Waals surface area contributed by atoms with Gasteiger partial charge in [-0.2, -0.15) is 13.0 Å². The van der Waals surface area contributed by atoms with Crippen molar-refractivity contribution in [2.45, 2.75) is 28.7 Å². The van der Waals surface area contributed by atoms with Crippen LogP contribution in [0, 0.1) is 37.3 Å². The molecule has 3 aromatic carbocycles. The fourth-order valence-electron chi connectivity index (χ4n) is 2.50. The first-order valence-corrected chi connectivity index (χ1v) is 12.4. The molecule has 0 radical (unpaired) electrons. The third kappa shape index (κ3) is 34.0. The molecule has 0 bridgehead atoms. The van der Waals surface area contributed by atoms with Crippen molar-refractivity contribution < 1.29 is 190 Å². The predicted octanol–water partition coefficient (Wildman–Crippen LogP) is -7.40. The molecule has 18 nitrogen and oxygen atoms in total. The van der Waals surface area contributed by atoms with E-state index in [1.807, 2.05) is 0 Å². The molecule has 0 aromatic heterocycles. The molecular weight excluding hydrogens is 829 g/mol. The average Bonchev–Trinajstić information content (AvgIpc) is 3.00. The van der Waals surface area contributed by atoms with Crippen LogP contribution in [0.5, 0.6) is 17.2 Å². The molecule has 0 aliphatic heterocycles. The van der Waals surface area contributed by atoms with E-state index in [-0.39, 0.29) is 221 Å². The molecule has 0 aliphatic rings. The second-order valence-electron chi connectivity index (χ2n) is 7.55. The van der Waals surface area contributed by atoms with Crippen LogP contribution in [-0.4, -0.2) is 52.3 Å². The molecule has 0 fully saturated rings. The van der Waals surface area contributed by atoms with E-state index >= 15 is 0 Å². The third-order valence-corrected chi connectivity index (χ3v) is 4.49. The number of nitro benzene ring substituents is 3. The Hall–Kier alpha value is -1.30. The molecule has 0 unspecified atom stereocenters. The van der Waals surface area contributed by atoms with Gasteiger partial charge in [0.05, 0.1) is 14.8 Å². The van der Waals surface area contributed by atoms with Gasteiger partial charge in [0.25, 0.3) is 17.1 Å². The number of nitrogens with zero attached hydrogens (tertiary/aromatic N) is 3. The van der Waals surface area contributed by atoms with Crippen LogP contribution in [0.2, 0.25) is 0 Å². The van der Waals surface area contributed by atoms with E-state index in [4.69, 9.17) is 21.1 Å². The normalized spacial score (nSPS) is 7.91. The second-order valence-corrected chi connectivity index (χ2v) is 7.86. The summed E-state index contributed by atoms with van der Waals surface area (Å²) in [6, 6.07) is 14.5. The number of carbonyl (C=O) groups is 3. The Kier molecular flexibility index (Phi) is 58.5. The molecule has 0 amide bonds. The van der Waals surface area contributed by atoms with Gasteiger partial charge in [-0.1, -0.05) is 22.3 Å². The van der Waals surface area contributed by atoms with Crippen LogP contribution in [0.3, 0.4) is 0 Å². The van der Waals surface area contributed by atoms with E-state index in [1.165, 1.54) is 48.5 Å². The van der Waals surface area contributed by atoms with Crippen LogP contribution in [0.25, 0.3) is 0 Å². The molecular formula is C29H36Cl3N3Na4O15. The van der Waals surface area contributed by atoms with Gasteiger partial charge in [0.1, 0.15) is 30.5 Å². The van der Waals surface area contributed by atoms with Gasteiger partial charge in [0, 0.05) is 48.0 Å². The van der Waals surface area contributed by atoms with Crippen LogP contribution >= 0.6 is 24.0 Å². The standard InChI is InChI=1S/C16H12N2O10.C7H4ClNO4.C3H6O.3CH4.2ClH.4Na.H/c19-15(27-13-5-1-11(2-6-13)17(21)22)25-9-10-26-16(20)28-14-7-3-12(4-8-14)18(23)24;8-7(10)13-6-3-1-5(2-4-6)9(11)12;1-2-3-4;;;;;;;;;;/h1-8H,9-10H2;1-4H;1-3H2;3*1H4;2*1H;;;;;/q;;-2;;;;;;4*+1;-1/p-1. The number of hydrogen-bond acceptors (Lipinski definition) is 15. The van der Waals surface area contributed by atoms with Crippen LogP contribution in [0.15, 0.2) is 72.8 Å². The van der Waals surface area contributed by atoms with Crippen molar-refractivity contribution >= 4 is 58.8 Å². The molecule has 0 spiro atoms. The number of halogens is 3. The van der Waals surface area contributed by atoms with E-state index in [0.717, 1.165) is 24.3 Å². The summed E-state index contributed by atoms with van der Waals surface area (Å²) >= 11 is 4.92. The Morgan fingerprint density at radius 1 is 0.593 bits per heavy atom. The van der Waals surface area contributed by atoms with E-state index in [1.54, 1.807) is 0 Å². The monoisotopic (exact) mass is 863 g/mol. The summed E-state index contributed by atoms with van der Waals surface area (Å²) in [6.07, 6.45) is -1.68. The Labute approximate surface area is 419 Å². The van der Waals surface area contributed by atoms with Gasteiger partial charge in [-0.3, -0.25) is 30.3 Å². The fourth-order valence-corrected chi connectivity index (χ4v) is 2.59. The van der Waals surface area contributed by atoms with E-state index < -0.39 is 32.5 Å². The molecule has 0 N–H and O–H groups in total. The van der Waals surface area contributed by atoms with Crippen LogP contribution in [0.4, 0.5) is 31.4 Å². The number of hydrogen-bond donors (Lipinski definition) is 0. The fraction of sp³-hybridized carbons (Fsp3) is 0.241. The zero-order chi connectivity index (χ0) is 33.8. The molecule has 0 aliphatic carbocycles. The van der Waals surface area contributed by atoms with Crippen molar-refractivity contribution in [1.29, 1.82) is 0 Å². The largest absolute Gasteiger partial charge is 1.00 e. The summed E-state index contributed by atoms with van der Waals surface area (Å²) < 4.78 is 23.3. The summed E-state index contributed by atoms with van der Waals surface area (Å²) in [5.41, 5.74) is -1.38. The van der Waals surface area contributed by atoms with Gasteiger partial charge < -0.3 is 49.5 Å². The third-order valence-electron chi connectivity index (χ3n) is 4.41. The summed E-state index contributed by atoms with van der Waals surface area (Å²) in [7, 11) is 0.